The van der Waals surface area contributed by atoms with E-state index in [0.717, 1.165) is 16.1 Å². The molecule has 0 heterocycles. The van der Waals surface area contributed by atoms with Crippen molar-refractivity contribution in [1.29, 1.82) is 0 Å². The van der Waals surface area contributed by atoms with Gasteiger partial charge < -0.3 is 4.74 Å². The van der Waals surface area contributed by atoms with Gasteiger partial charge in [-0.3, -0.25) is 0 Å². The van der Waals surface area contributed by atoms with Crippen molar-refractivity contribution in [2.45, 2.75) is 4.83 Å². The van der Waals surface area contributed by atoms with Crippen LogP contribution < -0.4 is 4.74 Å². The third kappa shape index (κ3) is 3.00. The molecular weight excluding hydrogens is 335 g/mol. The Morgan fingerprint density at radius 1 is 1.00 bits per heavy atom. The van der Waals surface area contributed by atoms with Crippen molar-refractivity contribution in [3.05, 3.63) is 63.6 Å². The molecule has 0 N–H and O–H groups in total. The van der Waals surface area contributed by atoms with Crippen molar-refractivity contribution >= 4 is 39.1 Å². The van der Waals surface area contributed by atoms with Crippen LogP contribution in [0.2, 0.25) is 10.0 Å². The monoisotopic (exact) mass is 344 g/mol. The first-order valence-electron chi connectivity index (χ1n) is 5.35. The summed E-state index contributed by atoms with van der Waals surface area (Å²) in [5.41, 5.74) is 2.20. The van der Waals surface area contributed by atoms with Crippen molar-refractivity contribution < 1.29 is 4.74 Å². The fourth-order valence-electron chi connectivity index (χ4n) is 1.66. The van der Waals surface area contributed by atoms with Crippen LogP contribution in [0.25, 0.3) is 0 Å². The third-order valence-corrected chi connectivity index (χ3v) is 4.24. The molecule has 0 saturated heterocycles. The highest BCUT2D eigenvalue weighted by Crippen LogP contribution is 2.35. The molecule has 0 aliphatic heterocycles. The summed E-state index contributed by atoms with van der Waals surface area (Å²) < 4.78 is 5.14. The molecule has 0 saturated carbocycles. The maximum atomic E-state index is 6.12. The third-order valence-electron chi connectivity index (χ3n) is 2.63. The molecule has 94 valence electrons. The van der Waals surface area contributed by atoms with Gasteiger partial charge in [0, 0.05) is 5.02 Å². The second-order valence-electron chi connectivity index (χ2n) is 3.81. The van der Waals surface area contributed by atoms with Crippen LogP contribution in [-0.4, -0.2) is 7.11 Å². The molecule has 18 heavy (non-hydrogen) atoms. The van der Waals surface area contributed by atoms with Crippen LogP contribution in [0.5, 0.6) is 5.75 Å². The molecule has 0 aromatic heterocycles. The van der Waals surface area contributed by atoms with Crippen LogP contribution in [0, 0.1) is 0 Å². The van der Waals surface area contributed by atoms with E-state index in [1.807, 2.05) is 42.5 Å². The van der Waals surface area contributed by atoms with Gasteiger partial charge in [0.1, 0.15) is 5.75 Å². The van der Waals surface area contributed by atoms with E-state index in [9.17, 15) is 0 Å². The maximum Gasteiger partial charge on any atom is 0.137 e. The standard InChI is InChI=1S/C14H11BrCl2O/c1-18-13-7-4-10(8-12(13)17)14(15)9-2-5-11(16)6-3-9/h2-8,14H,1H3. The first-order chi connectivity index (χ1) is 8.61. The van der Waals surface area contributed by atoms with Gasteiger partial charge in [-0.25, -0.2) is 0 Å². The molecule has 0 bridgehead atoms. The Hall–Kier alpha value is -0.700. The van der Waals surface area contributed by atoms with Crippen LogP contribution in [-0.2, 0) is 0 Å². The van der Waals surface area contributed by atoms with Crippen molar-refractivity contribution in [3.8, 4) is 5.75 Å². The first kappa shape index (κ1) is 13.7. The lowest BCUT2D eigenvalue weighted by Crippen LogP contribution is -1.93. The Balaban J connectivity index is 2.31. The van der Waals surface area contributed by atoms with E-state index in [-0.39, 0.29) is 4.83 Å². The number of hydrogen-bond donors (Lipinski definition) is 0. The highest BCUT2D eigenvalue weighted by molar-refractivity contribution is 9.09. The van der Waals surface area contributed by atoms with Gasteiger partial charge >= 0.3 is 0 Å². The minimum Gasteiger partial charge on any atom is -0.495 e. The van der Waals surface area contributed by atoms with Gasteiger partial charge in [-0.15, -0.1) is 0 Å². The topological polar surface area (TPSA) is 9.23 Å². The lowest BCUT2D eigenvalue weighted by Gasteiger charge is -2.12. The van der Waals surface area contributed by atoms with Crippen LogP contribution >= 0.6 is 39.1 Å². The molecular formula is C14H11BrCl2O. The molecule has 0 fully saturated rings. The van der Waals surface area contributed by atoms with Crippen LogP contribution in [0.1, 0.15) is 16.0 Å². The van der Waals surface area contributed by atoms with Gasteiger partial charge in [0.05, 0.1) is 17.0 Å². The molecule has 0 radical (unpaired) electrons. The molecule has 0 spiro atoms. The number of halogens is 3. The SMILES string of the molecule is COc1ccc(C(Br)c2ccc(Cl)cc2)cc1Cl. The zero-order valence-electron chi connectivity index (χ0n) is 9.66. The molecule has 4 heteroatoms. The minimum absolute atomic E-state index is 0.0816. The van der Waals surface area contributed by atoms with E-state index in [4.69, 9.17) is 27.9 Å². The summed E-state index contributed by atoms with van der Waals surface area (Å²) >= 11 is 15.7. The van der Waals surface area contributed by atoms with Crippen molar-refractivity contribution in [2.75, 3.05) is 7.11 Å². The van der Waals surface area contributed by atoms with Crippen molar-refractivity contribution in [3.63, 3.8) is 0 Å². The summed E-state index contributed by atoms with van der Waals surface area (Å²) in [6.45, 7) is 0. The lowest BCUT2D eigenvalue weighted by atomic mass is 10.0. The predicted molar refractivity (Wildman–Crippen MR) is 80.2 cm³/mol. The molecule has 2 rings (SSSR count). The highest BCUT2D eigenvalue weighted by Gasteiger charge is 2.12. The van der Waals surface area contributed by atoms with Gasteiger partial charge in [-0.1, -0.05) is 57.3 Å². The fraction of sp³-hybridized carbons (Fsp3) is 0.143. The van der Waals surface area contributed by atoms with E-state index in [0.29, 0.717) is 10.8 Å². The fourth-order valence-corrected chi connectivity index (χ4v) is 2.65. The summed E-state index contributed by atoms with van der Waals surface area (Å²) in [5.74, 6) is 0.677. The zero-order valence-corrected chi connectivity index (χ0v) is 12.8. The van der Waals surface area contributed by atoms with Crippen LogP contribution in [0.3, 0.4) is 0 Å². The van der Waals surface area contributed by atoms with Crippen molar-refractivity contribution in [2.24, 2.45) is 0 Å². The Bertz CT molecular complexity index is 540. The van der Waals surface area contributed by atoms with Crippen molar-refractivity contribution in [1.82, 2.24) is 0 Å². The van der Waals surface area contributed by atoms with E-state index in [1.54, 1.807) is 7.11 Å². The number of ether oxygens (including phenoxy) is 1. The Labute approximate surface area is 125 Å². The lowest BCUT2D eigenvalue weighted by molar-refractivity contribution is 0.415. The number of rotatable bonds is 3. The highest BCUT2D eigenvalue weighted by atomic mass is 79.9. The quantitative estimate of drug-likeness (QED) is 0.668. The molecule has 0 aliphatic carbocycles. The van der Waals surface area contributed by atoms with E-state index in [2.05, 4.69) is 15.9 Å². The average molecular weight is 346 g/mol. The molecule has 0 amide bonds. The summed E-state index contributed by atoms with van der Waals surface area (Å²) in [5, 5.41) is 1.33. The predicted octanol–water partition coefficient (Wildman–Crippen LogP) is 5.49. The molecule has 0 aliphatic rings. The average Bonchev–Trinajstić information content (AvgIpc) is 2.38. The van der Waals surface area contributed by atoms with Gasteiger partial charge in [0.25, 0.3) is 0 Å². The summed E-state index contributed by atoms with van der Waals surface area (Å²) in [6.07, 6.45) is 0. The number of benzene rings is 2. The molecule has 1 nitrogen and oxygen atoms in total. The van der Waals surface area contributed by atoms with Gasteiger partial charge in [0.15, 0.2) is 0 Å². The summed E-state index contributed by atoms with van der Waals surface area (Å²) in [7, 11) is 1.60. The van der Waals surface area contributed by atoms with E-state index >= 15 is 0 Å². The van der Waals surface area contributed by atoms with Gasteiger partial charge in [-0.2, -0.15) is 0 Å². The Kier molecular flexibility index (Phi) is 4.55. The first-order valence-corrected chi connectivity index (χ1v) is 7.02. The zero-order chi connectivity index (χ0) is 13.1. The maximum absolute atomic E-state index is 6.12. The Morgan fingerprint density at radius 3 is 2.17 bits per heavy atom. The number of alkyl halides is 1. The smallest absolute Gasteiger partial charge is 0.137 e. The summed E-state index contributed by atoms with van der Waals surface area (Å²) in [6, 6.07) is 13.5. The number of hydrogen-bond acceptors (Lipinski definition) is 1. The normalized spacial score (nSPS) is 12.2. The Morgan fingerprint density at radius 2 is 1.61 bits per heavy atom. The molecule has 1 atom stereocenters. The van der Waals surface area contributed by atoms with Gasteiger partial charge in [-0.05, 0) is 35.4 Å². The van der Waals surface area contributed by atoms with E-state index < -0.39 is 0 Å². The second-order valence-corrected chi connectivity index (χ2v) is 5.57. The number of methoxy groups -OCH3 is 1. The molecule has 1 unspecified atom stereocenters. The minimum atomic E-state index is 0.0816. The second kappa shape index (κ2) is 5.96. The van der Waals surface area contributed by atoms with E-state index in [1.165, 1.54) is 0 Å². The van der Waals surface area contributed by atoms with Gasteiger partial charge in [0.2, 0.25) is 0 Å². The summed E-state index contributed by atoms with van der Waals surface area (Å²) in [4.78, 5) is 0.0816. The largest absolute Gasteiger partial charge is 0.495 e. The van der Waals surface area contributed by atoms with Crippen LogP contribution in [0.4, 0.5) is 0 Å². The molecule has 2 aromatic carbocycles. The molecule has 2 aromatic rings. The van der Waals surface area contributed by atoms with Crippen LogP contribution in [0.15, 0.2) is 42.5 Å².